The summed E-state index contributed by atoms with van der Waals surface area (Å²) < 4.78 is 2.30. The molecule has 3 rings (SSSR count). The van der Waals surface area contributed by atoms with Gasteiger partial charge < -0.3 is 10.6 Å². The summed E-state index contributed by atoms with van der Waals surface area (Å²) in [4.78, 5) is 20.8. The highest BCUT2D eigenvalue weighted by molar-refractivity contribution is 9.10. The van der Waals surface area contributed by atoms with E-state index in [4.69, 9.17) is 0 Å². The van der Waals surface area contributed by atoms with E-state index in [1.54, 1.807) is 11.7 Å². The molecule has 0 spiro atoms. The molecule has 0 unspecified atom stereocenters. The van der Waals surface area contributed by atoms with E-state index in [0.717, 1.165) is 22.2 Å². The number of benzene rings is 1. The Morgan fingerprint density at radius 1 is 1.20 bits per heavy atom. The van der Waals surface area contributed by atoms with Gasteiger partial charge in [-0.25, -0.2) is 14.6 Å². The fourth-order valence-corrected chi connectivity index (χ4v) is 3.50. The third kappa shape index (κ3) is 3.48. The van der Waals surface area contributed by atoms with E-state index >= 15 is 0 Å². The first-order chi connectivity index (χ1) is 11.9. The minimum absolute atomic E-state index is 0.0974. The number of rotatable bonds is 4. The molecule has 0 bridgehead atoms. The van der Waals surface area contributed by atoms with Crippen LogP contribution < -0.4 is 10.6 Å². The standard InChI is InChI=1S/C17H19BrN6O/c1-9-5-10(2)14(11(3)6-9)22-12(25)7-19-16-13-15(18)23-24(4)17(13)21-8-20-16/h5-6,8H,7H2,1-4H3,(H,22,25)(H,19,20,21). The second-order valence-electron chi connectivity index (χ2n) is 6.01. The van der Waals surface area contributed by atoms with Crippen LogP contribution in [0.1, 0.15) is 16.7 Å². The number of nitrogens with zero attached hydrogens (tertiary/aromatic N) is 4. The number of carbonyl (C=O) groups is 1. The number of hydrogen-bond donors (Lipinski definition) is 2. The van der Waals surface area contributed by atoms with Crippen molar-refractivity contribution in [3.8, 4) is 0 Å². The Morgan fingerprint density at radius 3 is 2.56 bits per heavy atom. The Kier molecular flexibility index (Phi) is 4.71. The van der Waals surface area contributed by atoms with E-state index in [1.807, 2.05) is 20.8 Å². The third-order valence-corrected chi connectivity index (χ3v) is 4.49. The molecule has 0 saturated carbocycles. The fraction of sp³-hybridized carbons (Fsp3) is 0.294. The summed E-state index contributed by atoms with van der Waals surface area (Å²) >= 11 is 3.40. The largest absolute Gasteiger partial charge is 0.360 e. The predicted molar refractivity (Wildman–Crippen MR) is 102 cm³/mol. The van der Waals surface area contributed by atoms with Crippen molar-refractivity contribution in [1.29, 1.82) is 0 Å². The first-order valence-corrected chi connectivity index (χ1v) is 8.61. The summed E-state index contributed by atoms with van der Waals surface area (Å²) in [5.74, 6) is 0.430. The fourth-order valence-electron chi connectivity index (χ4n) is 2.90. The number of aromatic nitrogens is 4. The van der Waals surface area contributed by atoms with Gasteiger partial charge in [0, 0.05) is 12.7 Å². The normalized spacial score (nSPS) is 10.9. The van der Waals surface area contributed by atoms with Crippen LogP contribution in [0.25, 0.3) is 11.0 Å². The minimum Gasteiger partial charge on any atom is -0.360 e. The highest BCUT2D eigenvalue weighted by Crippen LogP contribution is 2.26. The van der Waals surface area contributed by atoms with Gasteiger partial charge >= 0.3 is 0 Å². The number of aryl methyl sites for hydroxylation is 4. The van der Waals surface area contributed by atoms with Crippen LogP contribution in [0.3, 0.4) is 0 Å². The Bertz CT molecular complexity index is 942. The summed E-state index contributed by atoms with van der Waals surface area (Å²) in [6.45, 7) is 6.12. The topological polar surface area (TPSA) is 84.7 Å². The van der Waals surface area contributed by atoms with Crippen molar-refractivity contribution in [1.82, 2.24) is 19.7 Å². The molecule has 2 heterocycles. The molecule has 0 fully saturated rings. The maximum Gasteiger partial charge on any atom is 0.243 e. The molecule has 2 N–H and O–H groups in total. The van der Waals surface area contributed by atoms with Gasteiger partial charge in [-0.15, -0.1) is 0 Å². The van der Waals surface area contributed by atoms with Crippen LogP contribution in [0, 0.1) is 20.8 Å². The smallest absolute Gasteiger partial charge is 0.243 e. The van der Waals surface area contributed by atoms with Gasteiger partial charge in [0.2, 0.25) is 5.91 Å². The Hall–Kier alpha value is -2.48. The van der Waals surface area contributed by atoms with E-state index < -0.39 is 0 Å². The summed E-state index contributed by atoms with van der Waals surface area (Å²) in [5.41, 5.74) is 4.81. The van der Waals surface area contributed by atoms with Gasteiger partial charge in [0.05, 0.1) is 11.9 Å². The highest BCUT2D eigenvalue weighted by atomic mass is 79.9. The zero-order valence-corrected chi connectivity index (χ0v) is 16.1. The first-order valence-electron chi connectivity index (χ1n) is 7.81. The molecular weight excluding hydrogens is 384 g/mol. The first kappa shape index (κ1) is 17.3. The van der Waals surface area contributed by atoms with Gasteiger partial charge in [-0.2, -0.15) is 5.10 Å². The number of carbonyl (C=O) groups excluding carboxylic acids is 1. The maximum atomic E-state index is 12.4. The van der Waals surface area contributed by atoms with E-state index in [0.29, 0.717) is 16.1 Å². The molecule has 1 aromatic carbocycles. The average Bonchev–Trinajstić information content (AvgIpc) is 2.84. The van der Waals surface area contributed by atoms with E-state index in [2.05, 4.69) is 53.8 Å². The quantitative estimate of drug-likeness (QED) is 0.700. The van der Waals surface area contributed by atoms with Gasteiger partial charge in [0.1, 0.15) is 16.7 Å². The number of anilines is 2. The Morgan fingerprint density at radius 2 is 1.88 bits per heavy atom. The zero-order valence-electron chi connectivity index (χ0n) is 14.5. The second kappa shape index (κ2) is 6.79. The summed E-state index contributed by atoms with van der Waals surface area (Å²) in [7, 11) is 1.81. The van der Waals surface area contributed by atoms with Gasteiger partial charge in [-0.3, -0.25) is 4.79 Å². The lowest BCUT2D eigenvalue weighted by atomic mass is 10.1. The Labute approximate surface area is 154 Å². The monoisotopic (exact) mass is 402 g/mol. The number of amides is 1. The van der Waals surface area contributed by atoms with E-state index in [1.165, 1.54) is 11.9 Å². The number of fused-ring (bicyclic) bond motifs is 1. The molecule has 0 aliphatic rings. The van der Waals surface area contributed by atoms with Gasteiger partial charge in [-0.1, -0.05) is 17.7 Å². The van der Waals surface area contributed by atoms with Crippen molar-refractivity contribution < 1.29 is 4.79 Å². The average molecular weight is 403 g/mol. The van der Waals surface area contributed by atoms with Crippen LogP contribution in [0.2, 0.25) is 0 Å². The number of nitrogens with one attached hydrogen (secondary N) is 2. The van der Waals surface area contributed by atoms with Crippen molar-refractivity contribution in [3.05, 3.63) is 39.8 Å². The van der Waals surface area contributed by atoms with Crippen LogP contribution in [-0.4, -0.2) is 32.2 Å². The SMILES string of the molecule is Cc1cc(C)c(NC(=O)CNc2ncnc3c2c(Br)nn3C)c(C)c1. The summed E-state index contributed by atoms with van der Waals surface area (Å²) in [6, 6.07) is 4.10. The second-order valence-corrected chi connectivity index (χ2v) is 6.76. The number of hydrogen-bond acceptors (Lipinski definition) is 5. The van der Waals surface area contributed by atoms with E-state index in [-0.39, 0.29) is 12.5 Å². The lowest BCUT2D eigenvalue weighted by Gasteiger charge is -2.13. The minimum atomic E-state index is -0.137. The molecule has 7 nitrogen and oxygen atoms in total. The van der Waals surface area contributed by atoms with Gasteiger partial charge in [0.15, 0.2) is 5.65 Å². The Balaban J connectivity index is 1.76. The molecule has 0 saturated heterocycles. The molecule has 3 aromatic rings. The van der Waals surface area contributed by atoms with Gasteiger partial charge in [0.25, 0.3) is 0 Å². The molecule has 1 amide bonds. The molecule has 25 heavy (non-hydrogen) atoms. The molecule has 8 heteroatoms. The molecule has 0 radical (unpaired) electrons. The lowest BCUT2D eigenvalue weighted by molar-refractivity contribution is -0.114. The molecule has 0 aliphatic heterocycles. The van der Waals surface area contributed by atoms with Crippen LogP contribution in [0.5, 0.6) is 0 Å². The number of halogens is 1. The molecule has 0 aliphatic carbocycles. The van der Waals surface area contributed by atoms with Crippen molar-refractivity contribution in [2.45, 2.75) is 20.8 Å². The molecule has 0 atom stereocenters. The summed E-state index contributed by atoms with van der Waals surface area (Å²) in [6.07, 6.45) is 1.45. The molecule has 2 aromatic heterocycles. The maximum absolute atomic E-state index is 12.4. The summed E-state index contributed by atoms with van der Waals surface area (Å²) in [5, 5.41) is 11.0. The van der Waals surface area contributed by atoms with Crippen molar-refractivity contribution in [2.75, 3.05) is 17.2 Å². The van der Waals surface area contributed by atoms with Crippen LogP contribution in [-0.2, 0) is 11.8 Å². The highest BCUT2D eigenvalue weighted by Gasteiger charge is 2.14. The van der Waals surface area contributed by atoms with Crippen LogP contribution in [0.15, 0.2) is 23.1 Å². The van der Waals surface area contributed by atoms with Crippen LogP contribution >= 0.6 is 15.9 Å². The predicted octanol–water partition coefficient (Wildman–Crippen LogP) is 3.10. The van der Waals surface area contributed by atoms with Crippen molar-refractivity contribution in [3.63, 3.8) is 0 Å². The van der Waals surface area contributed by atoms with Gasteiger partial charge in [-0.05, 0) is 47.8 Å². The van der Waals surface area contributed by atoms with Crippen LogP contribution in [0.4, 0.5) is 11.5 Å². The molecule has 130 valence electrons. The van der Waals surface area contributed by atoms with Crippen molar-refractivity contribution in [2.24, 2.45) is 7.05 Å². The molecular formula is C17H19BrN6O. The lowest BCUT2D eigenvalue weighted by Crippen LogP contribution is -2.23. The third-order valence-electron chi connectivity index (χ3n) is 3.94. The van der Waals surface area contributed by atoms with E-state index in [9.17, 15) is 4.79 Å². The zero-order chi connectivity index (χ0) is 18.1. The van der Waals surface area contributed by atoms with Crippen molar-refractivity contribution >= 4 is 44.4 Å².